The second kappa shape index (κ2) is 3.13. The van der Waals surface area contributed by atoms with Gasteiger partial charge < -0.3 is 4.98 Å². The largest absolute Gasteiger partial charge is 0.348 e. The second-order valence-corrected chi connectivity index (χ2v) is 2.31. The first kappa shape index (κ1) is 6.97. The third-order valence-corrected chi connectivity index (χ3v) is 1.45. The molecule has 0 aromatic carbocycles. The van der Waals surface area contributed by atoms with Crippen LogP contribution in [0.3, 0.4) is 0 Å². The lowest BCUT2D eigenvalue weighted by Gasteiger charge is -1.93. The normalized spacial score (nSPS) is 10.0. The molecule has 0 spiro atoms. The van der Waals surface area contributed by atoms with E-state index < -0.39 is 0 Å². The summed E-state index contributed by atoms with van der Waals surface area (Å²) in [7, 11) is 0. The maximum Gasteiger partial charge on any atom is 0.136 e. The molecule has 4 heteroatoms. The van der Waals surface area contributed by atoms with E-state index in [0.717, 1.165) is 11.6 Å². The van der Waals surface area contributed by atoms with Crippen molar-refractivity contribution >= 4 is 0 Å². The van der Waals surface area contributed by atoms with Crippen LogP contribution in [0.15, 0.2) is 24.7 Å². The van der Waals surface area contributed by atoms with Crippen molar-refractivity contribution in [2.45, 2.75) is 6.42 Å². The molecular weight excluding hydrogens is 152 g/mol. The van der Waals surface area contributed by atoms with Crippen LogP contribution in [0.25, 0.3) is 0 Å². The number of rotatable bonds is 2. The topological polar surface area (TPSA) is 54.5 Å². The highest BCUT2D eigenvalue weighted by atomic mass is 14.9. The lowest BCUT2D eigenvalue weighted by Crippen LogP contribution is -1.96. The Bertz CT molecular complexity index is 327. The summed E-state index contributed by atoms with van der Waals surface area (Å²) >= 11 is 0. The molecule has 0 unspecified atom stereocenters. The zero-order valence-corrected chi connectivity index (χ0v) is 6.36. The van der Waals surface area contributed by atoms with Crippen molar-refractivity contribution < 1.29 is 0 Å². The Morgan fingerprint density at radius 3 is 3.00 bits per heavy atom. The van der Waals surface area contributed by atoms with Crippen LogP contribution in [0.4, 0.5) is 0 Å². The van der Waals surface area contributed by atoms with E-state index in [-0.39, 0.29) is 0 Å². The Labute approximate surface area is 69.7 Å². The summed E-state index contributed by atoms with van der Waals surface area (Å²) in [5, 5.41) is 0. The minimum Gasteiger partial charge on any atom is -0.348 e. The zero-order valence-electron chi connectivity index (χ0n) is 6.36. The number of aromatic nitrogens is 4. The Morgan fingerprint density at radius 1 is 1.33 bits per heavy atom. The lowest BCUT2D eigenvalue weighted by atomic mass is 10.4. The van der Waals surface area contributed by atoms with Gasteiger partial charge in [0.25, 0.3) is 0 Å². The van der Waals surface area contributed by atoms with Crippen molar-refractivity contribution in [1.82, 2.24) is 19.9 Å². The van der Waals surface area contributed by atoms with Crippen LogP contribution in [0.5, 0.6) is 0 Å². The van der Waals surface area contributed by atoms with Crippen LogP contribution in [0, 0.1) is 6.20 Å². The molecule has 2 rings (SSSR count). The molecule has 2 aromatic rings. The van der Waals surface area contributed by atoms with Crippen LogP contribution in [-0.2, 0) is 6.42 Å². The molecule has 0 saturated carbocycles. The van der Waals surface area contributed by atoms with Gasteiger partial charge in [-0.25, -0.2) is 15.0 Å². The molecule has 0 aliphatic heterocycles. The molecule has 0 bridgehead atoms. The van der Waals surface area contributed by atoms with Crippen molar-refractivity contribution in [2.24, 2.45) is 0 Å². The summed E-state index contributed by atoms with van der Waals surface area (Å²) in [5.41, 5.74) is 0. The standard InChI is InChI=1S/C8H7N4/c1-2-9-7(10-3-1)6-8-11-4-5-12-8/h1-2,4-5H,6H2,(H,11,12). The number of aromatic amines is 1. The second-order valence-electron chi connectivity index (χ2n) is 2.31. The molecule has 1 radical (unpaired) electrons. The average molecular weight is 159 g/mol. The van der Waals surface area contributed by atoms with E-state index in [9.17, 15) is 0 Å². The maximum atomic E-state index is 4.06. The number of hydrogen-bond donors (Lipinski definition) is 1. The van der Waals surface area contributed by atoms with Gasteiger partial charge in [0, 0.05) is 18.6 Å². The molecule has 12 heavy (non-hydrogen) atoms. The first-order valence-corrected chi connectivity index (χ1v) is 3.61. The molecule has 2 heterocycles. The summed E-state index contributed by atoms with van der Waals surface area (Å²) < 4.78 is 0. The monoisotopic (exact) mass is 159 g/mol. The van der Waals surface area contributed by atoms with Gasteiger partial charge in [0.15, 0.2) is 0 Å². The number of imidazole rings is 1. The SMILES string of the molecule is [c]1ccnc(Cc2ncc[nH]2)n1. The van der Waals surface area contributed by atoms with Crippen molar-refractivity contribution in [3.8, 4) is 0 Å². The number of hydrogen-bond acceptors (Lipinski definition) is 3. The number of nitrogens with zero attached hydrogens (tertiary/aromatic N) is 3. The molecule has 0 saturated heterocycles. The molecular formula is C8H7N4. The summed E-state index contributed by atoms with van der Waals surface area (Å²) in [6.07, 6.45) is 8.51. The van der Waals surface area contributed by atoms with Gasteiger partial charge in [-0.15, -0.1) is 0 Å². The van der Waals surface area contributed by atoms with Gasteiger partial charge >= 0.3 is 0 Å². The number of H-pyrrole nitrogens is 1. The first-order valence-electron chi connectivity index (χ1n) is 3.61. The quantitative estimate of drug-likeness (QED) is 0.697. The first-order chi connectivity index (χ1) is 5.95. The summed E-state index contributed by atoms with van der Waals surface area (Å²) in [6.45, 7) is 0. The zero-order chi connectivity index (χ0) is 8.23. The third-order valence-electron chi connectivity index (χ3n) is 1.45. The average Bonchev–Trinajstić information content (AvgIpc) is 2.59. The van der Waals surface area contributed by atoms with E-state index in [2.05, 4.69) is 26.1 Å². The fourth-order valence-corrected chi connectivity index (χ4v) is 0.927. The lowest BCUT2D eigenvalue weighted by molar-refractivity contribution is 0.909. The van der Waals surface area contributed by atoms with Crippen LogP contribution < -0.4 is 0 Å². The molecule has 0 amide bonds. The molecule has 0 atom stereocenters. The highest BCUT2D eigenvalue weighted by Crippen LogP contribution is 1.96. The van der Waals surface area contributed by atoms with E-state index in [1.54, 1.807) is 24.7 Å². The molecule has 59 valence electrons. The highest BCUT2D eigenvalue weighted by Gasteiger charge is 1.98. The van der Waals surface area contributed by atoms with Gasteiger partial charge in [0.1, 0.15) is 11.6 Å². The Kier molecular flexibility index (Phi) is 1.82. The molecule has 0 fully saturated rings. The van der Waals surface area contributed by atoms with Crippen LogP contribution in [0.2, 0.25) is 0 Å². The van der Waals surface area contributed by atoms with Gasteiger partial charge in [-0.05, 0) is 6.07 Å². The summed E-state index contributed by atoms with van der Waals surface area (Å²) in [4.78, 5) is 15.1. The van der Waals surface area contributed by atoms with Gasteiger partial charge in [-0.2, -0.15) is 0 Å². The van der Waals surface area contributed by atoms with Crippen molar-refractivity contribution in [3.05, 3.63) is 42.5 Å². The highest BCUT2D eigenvalue weighted by molar-refractivity contribution is 4.99. The molecule has 4 nitrogen and oxygen atoms in total. The van der Waals surface area contributed by atoms with Gasteiger partial charge in [0.05, 0.1) is 12.6 Å². The molecule has 1 N–H and O–H groups in total. The minimum atomic E-state index is 0.629. The Balaban J connectivity index is 2.15. The molecule has 2 aromatic heterocycles. The molecule has 0 aliphatic rings. The molecule has 0 aliphatic carbocycles. The van der Waals surface area contributed by atoms with Crippen molar-refractivity contribution in [1.29, 1.82) is 0 Å². The van der Waals surface area contributed by atoms with Crippen molar-refractivity contribution in [2.75, 3.05) is 0 Å². The van der Waals surface area contributed by atoms with Gasteiger partial charge in [-0.3, -0.25) is 0 Å². The fraction of sp³-hybridized carbons (Fsp3) is 0.125. The minimum absolute atomic E-state index is 0.629. The maximum absolute atomic E-state index is 4.06. The van der Waals surface area contributed by atoms with Gasteiger partial charge in [0.2, 0.25) is 0 Å². The fourth-order valence-electron chi connectivity index (χ4n) is 0.927. The van der Waals surface area contributed by atoms with Gasteiger partial charge in [-0.1, -0.05) is 0 Å². The van der Waals surface area contributed by atoms with Crippen LogP contribution in [0.1, 0.15) is 11.6 Å². The number of nitrogens with one attached hydrogen (secondary N) is 1. The Hall–Kier alpha value is -1.71. The predicted molar refractivity (Wildman–Crippen MR) is 42.3 cm³/mol. The van der Waals surface area contributed by atoms with E-state index in [4.69, 9.17) is 0 Å². The Morgan fingerprint density at radius 2 is 2.33 bits per heavy atom. The summed E-state index contributed by atoms with van der Waals surface area (Å²) in [6, 6.07) is 1.67. The predicted octanol–water partition coefficient (Wildman–Crippen LogP) is 0.591. The van der Waals surface area contributed by atoms with Crippen LogP contribution in [-0.4, -0.2) is 19.9 Å². The van der Waals surface area contributed by atoms with E-state index in [0.29, 0.717) is 6.42 Å². The van der Waals surface area contributed by atoms with Crippen LogP contribution >= 0.6 is 0 Å². The van der Waals surface area contributed by atoms with Crippen molar-refractivity contribution in [3.63, 3.8) is 0 Å². The van der Waals surface area contributed by atoms with E-state index in [1.807, 2.05) is 0 Å². The van der Waals surface area contributed by atoms with E-state index in [1.165, 1.54) is 0 Å². The smallest absolute Gasteiger partial charge is 0.136 e. The van der Waals surface area contributed by atoms with E-state index >= 15 is 0 Å². The summed E-state index contributed by atoms with van der Waals surface area (Å²) in [5.74, 6) is 1.60. The third kappa shape index (κ3) is 1.47.